The first-order valence-electron chi connectivity index (χ1n) is 6.08. The molecule has 2 rings (SSSR count). The number of benzene rings is 1. The molecule has 3 nitrogen and oxygen atoms in total. The summed E-state index contributed by atoms with van der Waals surface area (Å²) in [5.41, 5.74) is 1.72. The fourth-order valence-electron chi connectivity index (χ4n) is 1.72. The van der Waals surface area contributed by atoms with Crippen molar-refractivity contribution < 1.29 is 8.42 Å². The van der Waals surface area contributed by atoms with E-state index in [1.807, 2.05) is 31.2 Å². The summed E-state index contributed by atoms with van der Waals surface area (Å²) >= 11 is 1.27. The second-order valence-electron chi connectivity index (χ2n) is 4.75. The van der Waals surface area contributed by atoms with Gasteiger partial charge in [0.05, 0.1) is 0 Å². The molecule has 102 valence electrons. The van der Waals surface area contributed by atoms with Gasteiger partial charge in [-0.1, -0.05) is 26.0 Å². The van der Waals surface area contributed by atoms with Gasteiger partial charge in [-0.3, -0.25) is 4.72 Å². The van der Waals surface area contributed by atoms with E-state index in [2.05, 4.69) is 18.6 Å². The van der Waals surface area contributed by atoms with Gasteiger partial charge >= 0.3 is 0 Å². The number of hydrogen-bond donors (Lipinski definition) is 1. The maximum atomic E-state index is 12.2. The minimum absolute atomic E-state index is 0.347. The van der Waals surface area contributed by atoms with Gasteiger partial charge in [0.15, 0.2) is 0 Å². The number of thiophene rings is 1. The van der Waals surface area contributed by atoms with E-state index >= 15 is 0 Å². The normalized spacial score (nSPS) is 11.8. The molecule has 19 heavy (non-hydrogen) atoms. The zero-order valence-corrected chi connectivity index (χ0v) is 12.8. The molecule has 0 bridgehead atoms. The van der Waals surface area contributed by atoms with Gasteiger partial charge in [-0.25, -0.2) is 8.42 Å². The molecule has 0 saturated carbocycles. The van der Waals surface area contributed by atoms with Gasteiger partial charge in [0.1, 0.15) is 4.21 Å². The van der Waals surface area contributed by atoms with Crippen LogP contribution in [0.1, 0.15) is 30.2 Å². The van der Waals surface area contributed by atoms with E-state index in [-0.39, 0.29) is 0 Å². The van der Waals surface area contributed by atoms with E-state index in [0.29, 0.717) is 15.8 Å². The van der Waals surface area contributed by atoms with Crippen LogP contribution in [-0.2, 0) is 10.0 Å². The quantitative estimate of drug-likeness (QED) is 0.927. The largest absolute Gasteiger partial charge is 0.279 e. The highest BCUT2D eigenvalue weighted by molar-refractivity contribution is 7.94. The Morgan fingerprint density at radius 2 is 1.89 bits per heavy atom. The van der Waals surface area contributed by atoms with Gasteiger partial charge in [0.2, 0.25) is 0 Å². The summed E-state index contributed by atoms with van der Waals surface area (Å²) in [4.78, 5) is 0.983. The van der Waals surface area contributed by atoms with E-state index in [9.17, 15) is 8.42 Å². The second-order valence-corrected chi connectivity index (χ2v) is 7.95. The van der Waals surface area contributed by atoms with Crippen molar-refractivity contribution in [2.45, 2.75) is 30.9 Å². The highest BCUT2D eigenvalue weighted by Gasteiger charge is 2.16. The fourth-order valence-corrected chi connectivity index (χ4v) is 4.06. The summed E-state index contributed by atoms with van der Waals surface area (Å²) < 4.78 is 27.4. The van der Waals surface area contributed by atoms with E-state index in [4.69, 9.17) is 0 Å². The van der Waals surface area contributed by atoms with Crippen LogP contribution in [0.25, 0.3) is 0 Å². The Labute approximate surface area is 118 Å². The summed E-state index contributed by atoms with van der Waals surface area (Å²) in [6.45, 7) is 6.05. The van der Waals surface area contributed by atoms with Crippen LogP contribution in [0.3, 0.4) is 0 Å². The molecule has 1 N–H and O–H groups in total. The molecule has 1 aromatic carbocycles. The Hall–Kier alpha value is -1.33. The maximum Gasteiger partial charge on any atom is 0.271 e. The molecule has 0 radical (unpaired) electrons. The molecule has 1 heterocycles. The van der Waals surface area contributed by atoms with Gasteiger partial charge in [0, 0.05) is 10.6 Å². The van der Waals surface area contributed by atoms with Crippen molar-refractivity contribution in [1.82, 2.24) is 0 Å². The third-order valence-electron chi connectivity index (χ3n) is 2.79. The predicted molar refractivity (Wildman–Crippen MR) is 80.4 cm³/mol. The first-order valence-corrected chi connectivity index (χ1v) is 8.37. The molecule has 5 heteroatoms. The van der Waals surface area contributed by atoms with E-state index in [1.54, 1.807) is 12.1 Å². The molecule has 0 aliphatic carbocycles. The Kier molecular flexibility index (Phi) is 3.96. The van der Waals surface area contributed by atoms with Crippen LogP contribution in [0.2, 0.25) is 0 Å². The number of anilines is 1. The summed E-state index contributed by atoms with van der Waals surface area (Å²) in [6, 6.07) is 11.0. The van der Waals surface area contributed by atoms with Gasteiger partial charge in [-0.2, -0.15) is 0 Å². The van der Waals surface area contributed by atoms with Crippen LogP contribution < -0.4 is 4.72 Å². The molecule has 0 aliphatic rings. The molecule has 2 aromatic rings. The SMILES string of the molecule is Cc1ccc(S(=O)(=O)Nc2cccc(C(C)C)c2)s1. The highest BCUT2D eigenvalue weighted by atomic mass is 32.2. The van der Waals surface area contributed by atoms with E-state index in [0.717, 1.165) is 10.4 Å². The summed E-state index contributed by atoms with van der Waals surface area (Å²) in [7, 11) is -3.47. The van der Waals surface area contributed by atoms with Crippen LogP contribution >= 0.6 is 11.3 Å². The topological polar surface area (TPSA) is 46.2 Å². The van der Waals surface area contributed by atoms with Crippen LogP contribution in [0.15, 0.2) is 40.6 Å². The monoisotopic (exact) mass is 295 g/mol. The first kappa shape index (κ1) is 14.1. The summed E-state index contributed by atoms with van der Waals surface area (Å²) in [5.74, 6) is 0.369. The van der Waals surface area contributed by atoms with Crippen molar-refractivity contribution in [3.05, 3.63) is 46.8 Å². The molecule has 0 fully saturated rings. The first-order chi connectivity index (χ1) is 8.88. The van der Waals surface area contributed by atoms with Crippen molar-refractivity contribution in [1.29, 1.82) is 0 Å². The minimum atomic E-state index is -3.47. The van der Waals surface area contributed by atoms with Crippen LogP contribution in [0.5, 0.6) is 0 Å². The van der Waals surface area contributed by atoms with Crippen molar-refractivity contribution in [2.75, 3.05) is 4.72 Å². The van der Waals surface area contributed by atoms with Crippen molar-refractivity contribution in [2.24, 2.45) is 0 Å². The summed E-state index contributed by atoms with van der Waals surface area (Å²) in [6.07, 6.45) is 0. The zero-order chi connectivity index (χ0) is 14.0. The van der Waals surface area contributed by atoms with Crippen molar-refractivity contribution in [3.63, 3.8) is 0 Å². The van der Waals surface area contributed by atoms with Gasteiger partial charge in [-0.15, -0.1) is 11.3 Å². The lowest BCUT2D eigenvalue weighted by atomic mass is 10.0. The molecule has 1 aromatic heterocycles. The molecular weight excluding hydrogens is 278 g/mol. The van der Waals surface area contributed by atoms with Gasteiger partial charge in [-0.05, 0) is 42.7 Å². The Morgan fingerprint density at radius 3 is 2.47 bits per heavy atom. The average molecular weight is 295 g/mol. The van der Waals surface area contributed by atoms with Crippen molar-refractivity contribution in [3.8, 4) is 0 Å². The lowest BCUT2D eigenvalue weighted by molar-refractivity contribution is 0.603. The van der Waals surface area contributed by atoms with Crippen molar-refractivity contribution >= 4 is 27.0 Å². The van der Waals surface area contributed by atoms with E-state index in [1.165, 1.54) is 11.3 Å². The number of sulfonamides is 1. The zero-order valence-electron chi connectivity index (χ0n) is 11.2. The third-order valence-corrected chi connectivity index (χ3v) is 5.66. The lowest BCUT2D eigenvalue weighted by Gasteiger charge is -2.10. The van der Waals surface area contributed by atoms with Gasteiger partial charge < -0.3 is 0 Å². The number of aryl methyl sites for hydroxylation is 1. The highest BCUT2D eigenvalue weighted by Crippen LogP contribution is 2.25. The minimum Gasteiger partial charge on any atom is -0.279 e. The fraction of sp³-hybridized carbons (Fsp3) is 0.286. The van der Waals surface area contributed by atoms with Crippen LogP contribution in [0.4, 0.5) is 5.69 Å². The number of nitrogens with one attached hydrogen (secondary N) is 1. The third kappa shape index (κ3) is 3.36. The Balaban J connectivity index is 2.28. The Bertz CT molecular complexity index is 672. The lowest BCUT2D eigenvalue weighted by Crippen LogP contribution is -2.11. The molecule has 0 spiro atoms. The second kappa shape index (κ2) is 5.35. The van der Waals surface area contributed by atoms with Crippen LogP contribution in [-0.4, -0.2) is 8.42 Å². The average Bonchev–Trinajstić information content (AvgIpc) is 2.76. The van der Waals surface area contributed by atoms with Gasteiger partial charge in [0.25, 0.3) is 10.0 Å². The predicted octanol–water partition coefficient (Wildman–Crippen LogP) is 3.98. The maximum absolute atomic E-state index is 12.2. The number of rotatable bonds is 4. The standard InChI is InChI=1S/C14H17NO2S2/c1-10(2)12-5-4-6-13(9-12)15-19(16,17)14-8-7-11(3)18-14/h4-10,15H,1-3H3. The summed E-state index contributed by atoms with van der Waals surface area (Å²) in [5, 5.41) is 0. The van der Waals surface area contributed by atoms with E-state index < -0.39 is 10.0 Å². The molecule has 0 unspecified atom stereocenters. The van der Waals surface area contributed by atoms with Crippen LogP contribution in [0, 0.1) is 6.92 Å². The smallest absolute Gasteiger partial charge is 0.271 e. The number of hydrogen-bond acceptors (Lipinski definition) is 3. The molecule has 0 amide bonds. The molecular formula is C14H17NO2S2. The Morgan fingerprint density at radius 1 is 1.16 bits per heavy atom. The molecule has 0 aliphatic heterocycles. The molecule has 0 saturated heterocycles. The molecule has 0 atom stereocenters.